The molecule has 0 heterocycles. The molecule has 0 saturated heterocycles. The monoisotopic (exact) mass is 223 g/mol. The molecule has 0 aliphatic heterocycles. The Kier molecular flexibility index (Phi) is 3.71. The van der Waals surface area contributed by atoms with Crippen molar-refractivity contribution in [3.05, 3.63) is 23.8 Å². The van der Waals surface area contributed by atoms with Crippen LogP contribution in [0.2, 0.25) is 0 Å². The molecule has 6 N–H and O–H groups in total. The van der Waals surface area contributed by atoms with Gasteiger partial charge in [0.15, 0.2) is 0 Å². The number of ether oxygens (including phenoxy) is 1. The first-order valence-corrected chi connectivity index (χ1v) is 4.61. The lowest BCUT2D eigenvalue weighted by Crippen LogP contribution is -2.17. The van der Waals surface area contributed by atoms with Crippen LogP contribution >= 0.6 is 0 Å². The van der Waals surface area contributed by atoms with Crippen LogP contribution in [0.25, 0.3) is 0 Å². The SMILES string of the molecule is NC(=O)CCOc1cc(N)ccc1C(N)=O. The van der Waals surface area contributed by atoms with Crippen molar-refractivity contribution in [2.45, 2.75) is 6.42 Å². The van der Waals surface area contributed by atoms with E-state index in [4.69, 9.17) is 21.9 Å². The Bertz CT molecular complexity index is 418. The van der Waals surface area contributed by atoms with E-state index in [-0.39, 0.29) is 24.3 Å². The van der Waals surface area contributed by atoms with Crippen LogP contribution in [0.1, 0.15) is 16.8 Å². The summed E-state index contributed by atoms with van der Waals surface area (Å²) in [4.78, 5) is 21.5. The van der Waals surface area contributed by atoms with Gasteiger partial charge in [-0.2, -0.15) is 0 Å². The molecule has 1 aromatic rings. The van der Waals surface area contributed by atoms with Gasteiger partial charge >= 0.3 is 0 Å². The van der Waals surface area contributed by atoms with Crippen molar-refractivity contribution in [1.82, 2.24) is 0 Å². The second kappa shape index (κ2) is 5.01. The number of carbonyl (C=O) groups excluding carboxylic acids is 2. The molecular formula is C10H13N3O3. The number of nitrogen functional groups attached to an aromatic ring is 1. The van der Waals surface area contributed by atoms with Gasteiger partial charge in [0.2, 0.25) is 5.91 Å². The number of benzene rings is 1. The minimum absolute atomic E-state index is 0.0625. The molecule has 2 amide bonds. The van der Waals surface area contributed by atoms with Crippen LogP contribution in [-0.4, -0.2) is 18.4 Å². The zero-order chi connectivity index (χ0) is 12.1. The predicted octanol–water partition coefficient (Wildman–Crippen LogP) is -0.378. The van der Waals surface area contributed by atoms with Gasteiger partial charge in [0.05, 0.1) is 18.6 Å². The third-order valence-electron chi connectivity index (χ3n) is 1.88. The van der Waals surface area contributed by atoms with Gasteiger partial charge in [-0.05, 0) is 12.1 Å². The zero-order valence-corrected chi connectivity index (χ0v) is 8.60. The molecule has 16 heavy (non-hydrogen) atoms. The van der Waals surface area contributed by atoms with Crippen LogP contribution in [-0.2, 0) is 4.79 Å². The fraction of sp³-hybridized carbons (Fsp3) is 0.200. The molecule has 6 nitrogen and oxygen atoms in total. The van der Waals surface area contributed by atoms with Crippen molar-refractivity contribution < 1.29 is 14.3 Å². The van der Waals surface area contributed by atoms with Crippen LogP contribution in [0.3, 0.4) is 0 Å². The van der Waals surface area contributed by atoms with Gasteiger partial charge in [-0.15, -0.1) is 0 Å². The summed E-state index contributed by atoms with van der Waals surface area (Å²) < 4.78 is 5.21. The Labute approximate surface area is 92.3 Å². The minimum Gasteiger partial charge on any atom is -0.492 e. The average molecular weight is 223 g/mol. The van der Waals surface area contributed by atoms with Crippen LogP contribution in [0.5, 0.6) is 5.75 Å². The summed E-state index contributed by atoms with van der Waals surface area (Å²) in [5, 5.41) is 0. The first-order valence-electron chi connectivity index (χ1n) is 4.61. The Morgan fingerprint density at radius 1 is 1.25 bits per heavy atom. The number of primary amides is 2. The van der Waals surface area contributed by atoms with Gasteiger partial charge in [-0.1, -0.05) is 0 Å². The zero-order valence-electron chi connectivity index (χ0n) is 8.60. The van der Waals surface area contributed by atoms with E-state index in [1.807, 2.05) is 0 Å². The van der Waals surface area contributed by atoms with Crippen LogP contribution in [0.4, 0.5) is 5.69 Å². The molecule has 0 atom stereocenters. The lowest BCUT2D eigenvalue weighted by atomic mass is 10.1. The number of amides is 2. The highest BCUT2D eigenvalue weighted by atomic mass is 16.5. The molecule has 6 heteroatoms. The van der Waals surface area contributed by atoms with Gasteiger partial charge in [0.25, 0.3) is 5.91 Å². The van der Waals surface area contributed by atoms with E-state index in [1.165, 1.54) is 12.1 Å². The first-order chi connectivity index (χ1) is 7.50. The Morgan fingerprint density at radius 2 is 1.94 bits per heavy atom. The summed E-state index contributed by atoms with van der Waals surface area (Å²) in [5.74, 6) is -0.840. The maximum absolute atomic E-state index is 11.0. The van der Waals surface area contributed by atoms with Gasteiger partial charge < -0.3 is 21.9 Å². The molecule has 0 fully saturated rings. The third kappa shape index (κ3) is 3.16. The highest BCUT2D eigenvalue weighted by Crippen LogP contribution is 2.21. The Hall–Kier alpha value is -2.24. The lowest BCUT2D eigenvalue weighted by molar-refractivity contribution is -0.118. The summed E-state index contributed by atoms with van der Waals surface area (Å²) in [6.45, 7) is 0.0824. The first kappa shape index (κ1) is 11.8. The van der Waals surface area contributed by atoms with Gasteiger partial charge in [0.1, 0.15) is 5.75 Å². The van der Waals surface area contributed by atoms with Crippen molar-refractivity contribution in [2.75, 3.05) is 12.3 Å². The van der Waals surface area contributed by atoms with Crippen molar-refractivity contribution >= 4 is 17.5 Å². The molecule has 0 saturated carbocycles. The van der Waals surface area contributed by atoms with Crippen molar-refractivity contribution in [1.29, 1.82) is 0 Å². The fourth-order valence-electron chi connectivity index (χ4n) is 1.12. The number of anilines is 1. The van der Waals surface area contributed by atoms with Crippen LogP contribution in [0.15, 0.2) is 18.2 Å². The predicted molar refractivity (Wildman–Crippen MR) is 58.7 cm³/mol. The lowest BCUT2D eigenvalue weighted by Gasteiger charge is -2.09. The molecule has 1 aromatic carbocycles. The van der Waals surface area contributed by atoms with E-state index < -0.39 is 11.8 Å². The molecule has 0 unspecified atom stereocenters. The summed E-state index contributed by atoms with van der Waals surface area (Å²) in [5.41, 5.74) is 16.3. The Morgan fingerprint density at radius 3 is 2.50 bits per heavy atom. The number of hydrogen-bond acceptors (Lipinski definition) is 4. The molecule has 86 valence electrons. The molecule has 0 radical (unpaired) electrons. The molecule has 0 aliphatic rings. The topological polar surface area (TPSA) is 121 Å². The average Bonchev–Trinajstić information content (AvgIpc) is 2.16. The maximum atomic E-state index is 11.0. The smallest absolute Gasteiger partial charge is 0.252 e. The standard InChI is InChI=1S/C10H13N3O3/c11-6-1-2-7(10(13)15)8(5-6)16-4-3-9(12)14/h1-2,5H,3-4,11H2,(H2,12,14)(H2,13,15). The summed E-state index contributed by atoms with van der Waals surface area (Å²) >= 11 is 0. The van der Waals surface area contributed by atoms with E-state index in [1.54, 1.807) is 6.07 Å². The van der Waals surface area contributed by atoms with Crippen LogP contribution < -0.4 is 21.9 Å². The van der Waals surface area contributed by atoms with Crippen molar-refractivity contribution in [2.24, 2.45) is 11.5 Å². The van der Waals surface area contributed by atoms with Gasteiger partial charge in [-0.25, -0.2) is 0 Å². The Balaban J connectivity index is 2.80. The number of hydrogen-bond donors (Lipinski definition) is 3. The van der Waals surface area contributed by atoms with Crippen molar-refractivity contribution in [3.8, 4) is 5.75 Å². The van der Waals surface area contributed by atoms with E-state index >= 15 is 0 Å². The van der Waals surface area contributed by atoms with Crippen LogP contribution in [0, 0.1) is 0 Å². The molecule has 1 rings (SSSR count). The molecule has 0 spiro atoms. The van der Waals surface area contributed by atoms with E-state index in [2.05, 4.69) is 0 Å². The van der Waals surface area contributed by atoms with E-state index in [0.717, 1.165) is 0 Å². The summed E-state index contributed by atoms with van der Waals surface area (Å²) in [6, 6.07) is 4.49. The normalized spacial score (nSPS) is 9.75. The van der Waals surface area contributed by atoms with E-state index in [9.17, 15) is 9.59 Å². The quantitative estimate of drug-likeness (QED) is 0.589. The minimum atomic E-state index is -0.617. The summed E-state index contributed by atoms with van der Waals surface area (Å²) in [7, 11) is 0. The molecule has 0 aromatic heterocycles. The highest BCUT2D eigenvalue weighted by Gasteiger charge is 2.09. The molecule has 0 bridgehead atoms. The number of carbonyl (C=O) groups is 2. The number of rotatable bonds is 5. The molecule has 0 aliphatic carbocycles. The van der Waals surface area contributed by atoms with Crippen molar-refractivity contribution in [3.63, 3.8) is 0 Å². The van der Waals surface area contributed by atoms with E-state index in [0.29, 0.717) is 5.69 Å². The highest BCUT2D eigenvalue weighted by molar-refractivity contribution is 5.96. The second-order valence-corrected chi connectivity index (χ2v) is 3.18. The van der Waals surface area contributed by atoms with Gasteiger partial charge in [-0.3, -0.25) is 9.59 Å². The fourth-order valence-corrected chi connectivity index (χ4v) is 1.12. The second-order valence-electron chi connectivity index (χ2n) is 3.18. The molecular weight excluding hydrogens is 210 g/mol. The summed E-state index contributed by atoms with van der Waals surface area (Å²) in [6.07, 6.45) is 0.0625. The van der Waals surface area contributed by atoms with Gasteiger partial charge in [0, 0.05) is 11.8 Å². The third-order valence-corrected chi connectivity index (χ3v) is 1.88. The maximum Gasteiger partial charge on any atom is 0.252 e. The largest absolute Gasteiger partial charge is 0.492 e. The number of nitrogens with two attached hydrogens (primary N) is 3.